The fourth-order valence-corrected chi connectivity index (χ4v) is 19.2. The van der Waals surface area contributed by atoms with Gasteiger partial charge in [-0.05, 0) is 322 Å². The molecule has 4 fully saturated rings. The average molecular weight is 1900 g/mol. The number of carbonyl (C=O) groups excluding carboxylic acids is 7. The Bertz CT molecular complexity index is 6690. The number of rotatable bonds is 22. The zero-order valence-corrected chi connectivity index (χ0v) is 82.9. The van der Waals surface area contributed by atoms with E-state index >= 15 is 0 Å². The van der Waals surface area contributed by atoms with Crippen LogP contribution in [0.5, 0.6) is 0 Å². The van der Waals surface area contributed by atoms with Crippen molar-refractivity contribution < 1.29 is 92.0 Å². The van der Waals surface area contributed by atoms with Crippen LogP contribution in [0.2, 0.25) is 0 Å². The van der Waals surface area contributed by atoms with Gasteiger partial charge < -0.3 is 53.0 Å². The molecular formula is C105H127BLiN16O15S. The number of H-pyrrole nitrogens is 1. The van der Waals surface area contributed by atoms with Crippen LogP contribution in [0.25, 0.3) is 43.6 Å². The molecule has 3 radical (unpaired) electrons. The van der Waals surface area contributed by atoms with E-state index in [9.17, 15) is 67.5 Å². The molecule has 0 saturated heterocycles. The van der Waals surface area contributed by atoms with Crippen LogP contribution in [0.15, 0.2) is 175 Å². The monoisotopic (exact) mass is 1900 g/mol. The minimum absolute atomic E-state index is 0. The number of ketones is 2. The summed E-state index contributed by atoms with van der Waals surface area (Å²) in [4.78, 5) is 102. The van der Waals surface area contributed by atoms with Crippen molar-refractivity contribution in [1.82, 2.24) is 59.5 Å². The van der Waals surface area contributed by atoms with Gasteiger partial charge in [0.25, 0.3) is 33.7 Å². The van der Waals surface area contributed by atoms with Gasteiger partial charge in [-0.25, -0.2) is 19.9 Å². The maximum atomic E-state index is 12.8. The fraction of sp³-hybridized carbons (Fsp3) is 0.419. The number of hydrogen-bond donors (Lipinski definition) is 10. The molecule has 0 atom stereocenters. The Morgan fingerprint density at radius 3 is 1.06 bits per heavy atom. The number of aryl methyl sites for hydroxylation is 5. The molecule has 4 aliphatic rings. The summed E-state index contributed by atoms with van der Waals surface area (Å²) in [6.07, 6.45) is 22.2. The van der Waals surface area contributed by atoms with E-state index in [4.69, 9.17) is 19.5 Å². The average Bonchev–Trinajstić information content (AvgIpc) is 1.62. The van der Waals surface area contributed by atoms with Gasteiger partial charge in [0.1, 0.15) is 40.6 Å². The van der Waals surface area contributed by atoms with Crippen molar-refractivity contribution >= 4 is 126 Å². The third-order valence-electron chi connectivity index (χ3n) is 25.9. The van der Waals surface area contributed by atoms with Gasteiger partial charge >= 0.3 is 18.9 Å². The standard InChI is InChI=1S/C25H30N4O3.C24H30N4O3.C24H28N4O3.C17H18N4O2.C15H20O4S.B.Li.H/c1-15-6-5-7-21(26-15)24(31)27-23-12-18-14-29(19-10-8-17(9-11-19)16(2)30)28-22(18)13-20(23)25(3,4)32;2*1-15-5-4-6-20(25-15)23(30)26-22-11-17-13-28(18-9-7-16(14-29)8-10-18)27-21(17)12-19(22)24(2,3)31;1-10-5-4-6-13(19-10)16(22)20-15-7-11-9-18-21-14(11)8-12(15)17(2,3)23;1-11-3-9-15(10-4-11)20(17,18)19-14-7-5-13(6-8-14)12(2)16;;;/h5-7,12-14,17,19,32H,8-11H2,1-4H3,(H,27,31);4-6,11-13,16,18,29,31H,7-10,14H2,1-3H3,(H,26,30);4-6,11-14,16,18,31H,7-10H2,1-3H3,(H,26,30);4-9,23H,1-3H3,(H,18,21)(H,20,22);3-4,9-10,13-14H,5-8H2,1-2H3;;;/q;;;;;;+1;-1. The van der Waals surface area contributed by atoms with E-state index in [1.54, 1.807) is 160 Å². The number of hydrogen-bond acceptors (Lipinski definition) is 23. The van der Waals surface area contributed by atoms with Gasteiger partial charge in [-0.1, -0.05) is 42.0 Å². The van der Waals surface area contributed by atoms with Crippen LogP contribution < -0.4 is 40.1 Å². The fourth-order valence-electron chi connectivity index (χ4n) is 18.0. The molecule has 4 saturated carbocycles. The first-order valence-electron chi connectivity index (χ1n) is 46.9. The predicted octanol–water partition coefficient (Wildman–Crippen LogP) is 15.0. The van der Waals surface area contributed by atoms with Crippen LogP contribution in [0.3, 0.4) is 0 Å². The number of fused-ring (bicyclic) bond motifs is 4. The van der Waals surface area contributed by atoms with Crippen LogP contribution in [0, 0.1) is 58.3 Å². The molecule has 10 N–H and O–H groups in total. The summed E-state index contributed by atoms with van der Waals surface area (Å²) >= 11 is 0. The first kappa shape index (κ1) is 107. The molecule has 0 bridgehead atoms. The van der Waals surface area contributed by atoms with Crippen LogP contribution in [0.1, 0.15) is 284 Å². The van der Waals surface area contributed by atoms with Crippen molar-refractivity contribution in [3.8, 4) is 0 Å². The number of aromatic amines is 1. The summed E-state index contributed by atoms with van der Waals surface area (Å²) in [6.45, 7) is 26.3. The zero-order chi connectivity index (χ0) is 98.8. The number of anilines is 4. The molecule has 17 rings (SSSR count). The number of aliphatic hydroxyl groups is 5. The van der Waals surface area contributed by atoms with Gasteiger partial charge in [0.05, 0.1) is 79.8 Å². The number of pyridine rings is 4. The van der Waals surface area contributed by atoms with Gasteiger partial charge in [-0.15, -0.1) is 0 Å². The van der Waals surface area contributed by atoms with Crippen molar-refractivity contribution in [2.75, 3.05) is 27.9 Å². The SMILES string of the molecule is CC(=O)C1CCC(OS(=O)(=O)c2ccc(C)cc2)CC1.CC(=O)C1CCC(n2cc3cc(NC(=O)c4cccc(C)n4)c(C(C)(C)O)cc3n2)CC1.Cc1cccc(C(=O)Nc2cc3cn(C4CCC(C=O)CC4)nc3cc2C(C)(C)O)n1.Cc1cccc(C(=O)Nc2cc3cn(C4CCC(CO)CC4)nc3cc2C(C)(C)O)n1.Cc1cccc(C(=O)Nc2cc3cn[nH]c3cc2C(C)(C)O)n1.[B].[H-].[Li+]. The van der Waals surface area contributed by atoms with Crippen molar-refractivity contribution in [2.45, 2.75) is 258 Å². The predicted molar refractivity (Wildman–Crippen MR) is 534 cm³/mol. The van der Waals surface area contributed by atoms with Crippen LogP contribution in [-0.4, -0.2) is 156 Å². The van der Waals surface area contributed by atoms with Crippen molar-refractivity contribution in [3.63, 3.8) is 0 Å². The van der Waals surface area contributed by atoms with Crippen LogP contribution in [0.4, 0.5) is 22.7 Å². The minimum atomic E-state index is -3.70. The van der Waals surface area contributed by atoms with E-state index in [1.807, 2.05) is 128 Å². The van der Waals surface area contributed by atoms with E-state index < -0.39 is 32.5 Å². The Morgan fingerprint density at radius 2 is 0.748 bits per heavy atom. The summed E-state index contributed by atoms with van der Waals surface area (Å²) < 4.78 is 35.5. The quantitative estimate of drug-likeness (QED) is 0.0171. The number of amides is 4. The summed E-state index contributed by atoms with van der Waals surface area (Å²) in [5, 5.41) is 88.3. The summed E-state index contributed by atoms with van der Waals surface area (Å²) in [7, 11) is -3.70. The second-order valence-corrected chi connectivity index (χ2v) is 40.5. The molecule has 727 valence electrons. The first-order valence-corrected chi connectivity index (χ1v) is 48.3. The Hall–Kier alpha value is -12.2. The first-order chi connectivity index (χ1) is 64.8. The van der Waals surface area contributed by atoms with Gasteiger partial charge in [0.2, 0.25) is 0 Å². The van der Waals surface area contributed by atoms with Crippen molar-refractivity contribution in [1.29, 1.82) is 0 Å². The number of nitrogens with one attached hydrogen (secondary N) is 5. The third kappa shape index (κ3) is 27.9. The number of nitrogens with zero attached hydrogens (tertiary/aromatic N) is 11. The number of aliphatic hydroxyl groups excluding tert-OH is 1. The number of Topliss-reactive ketones (excluding diaryl/α,β-unsaturated/α-hetero) is 2. The number of aldehydes is 1. The topological polar surface area (TPSA) is 446 Å². The van der Waals surface area contributed by atoms with Gasteiger partial charge in [0.15, 0.2) is 0 Å². The molecule has 8 heterocycles. The molecule has 5 aromatic carbocycles. The molecule has 8 aromatic heterocycles. The molecule has 0 spiro atoms. The summed E-state index contributed by atoms with van der Waals surface area (Å²) in [6, 6.07) is 43.3. The maximum Gasteiger partial charge on any atom is 1.00 e. The molecule has 0 aliphatic heterocycles. The molecule has 4 amide bonds. The number of carbonyl (C=O) groups is 7. The van der Waals surface area contributed by atoms with Crippen LogP contribution in [-0.2, 0) is 51.1 Å². The second-order valence-electron chi connectivity index (χ2n) is 38.9. The number of benzene rings is 5. The second kappa shape index (κ2) is 45.8. The Morgan fingerprint density at radius 1 is 0.439 bits per heavy atom. The molecule has 34 heteroatoms. The smallest absolute Gasteiger partial charge is 1.00 e. The Balaban J connectivity index is 0.000000181. The normalized spacial score (nSPS) is 18.4. The van der Waals surface area contributed by atoms with Gasteiger partial charge in [-0.3, -0.25) is 52.1 Å². The van der Waals surface area contributed by atoms with Crippen molar-refractivity contribution in [3.05, 3.63) is 244 Å². The molecule has 4 aliphatic carbocycles. The third-order valence-corrected chi connectivity index (χ3v) is 27.3. The minimum Gasteiger partial charge on any atom is -1.00 e. The Kier molecular flexibility index (Phi) is 35.4. The van der Waals surface area contributed by atoms with E-state index in [0.29, 0.717) is 105 Å². The van der Waals surface area contributed by atoms with E-state index in [0.717, 1.165) is 155 Å². The number of aromatic nitrogens is 12. The van der Waals surface area contributed by atoms with Gasteiger partial charge in [-0.2, -0.15) is 28.8 Å². The van der Waals surface area contributed by atoms with Gasteiger partial charge in [0, 0.05) is 141 Å². The maximum absolute atomic E-state index is 12.8. The summed E-state index contributed by atoms with van der Waals surface area (Å²) in [5.74, 6) is -0.0590. The largest absolute Gasteiger partial charge is 1.00 e. The molecular weight excluding hydrogens is 1780 g/mol. The van der Waals surface area contributed by atoms with Crippen LogP contribution >= 0.6 is 0 Å². The van der Waals surface area contributed by atoms with Crippen molar-refractivity contribution in [2.24, 2.45) is 23.7 Å². The van der Waals surface area contributed by atoms with E-state index in [2.05, 4.69) is 51.4 Å². The molecule has 139 heavy (non-hydrogen) atoms. The Labute approximate surface area is 826 Å². The molecule has 0 unspecified atom stereocenters. The summed E-state index contributed by atoms with van der Waals surface area (Å²) in [5.41, 5.74) is 8.47. The molecule has 13 aromatic rings. The van der Waals surface area contributed by atoms with E-state index in [1.165, 1.54) is 0 Å². The van der Waals surface area contributed by atoms with E-state index in [-0.39, 0.29) is 111 Å². The molecule has 31 nitrogen and oxygen atoms in total. The zero-order valence-electron chi connectivity index (χ0n) is 83.1.